The van der Waals surface area contributed by atoms with Crippen molar-refractivity contribution >= 4 is 51.5 Å². The first-order chi connectivity index (χ1) is 12.6. The molecule has 0 aliphatic carbocycles. The summed E-state index contributed by atoms with van der Waals surface area (Å²) in [5.41, 5.74) is 1.29. The molecule has 140 valence electrons. The number of unbranched alkanes of at least 4 members (excludes halogenated alkanes) is 2. The molecule has 7 heteroatoms. The van der Waals surface area contributed by atoms with Crippen LogP contribution in [0.25, 0.3) is 10.2 Å². The summed E-state index contributed by atoms with van der Waals surface area (Å²) < 4.78 is 0. The third-order valence-electron chi connectivity index (χ3n) is 4.08. The van der Waals surface area contributed by atoms with Crippen LogP contribution in [0.5, 0.6) is 0 Å². The van der Waals surface area contributed by atoms with Crippen LogP contribution in [0.2, 0.25) is 0 Å². The molecule has 0 fully saturated rings. The molecule has 26 heavy (non-hydrogen) atoms. The van der Waals surface area contributed by atoms with Gasteiger partial charge in [-0.15, -0.1) is 11.3 Å². The summed E-state index contributed by atoms with van der Waals surface area (Å²) in [7, 11) is 0. The topological polar surface area (TPSA) is 83.4 Å². The number of aldehydes is 1. The number of rotatable bonds is 10. The van der Waals surface area contributed by atoms with Crippen molar-refractivity contribution in [2.45, 2.75) is 58.9 Å². The lowest BCUT2D eigenvalue weighted by atomic mass is 10.1. The van der Waals surface area contributed by atoms with Crippen LogP contribution < -0.4 is 10.6 Å². The van der Waals surface area contributed by atoms with E-state index in [0.717, 1.165) is 24.5 Å². The molecule has 0 bridgehead atoms. The van der Waals surface area contributed by atoms with Gasteiger partial charge in [-0.3, -0.25) is 14.6 Å². The minimum absolute atomic E-state index is 0.0829. The highest BCUT2D eigenvalue weighted by atomic mass is 32.1. The van der Waals surface area contributed by atoms with E-state index in [9.17, 15) is 9.59 Å². The maximum Gasteiger partial charge on any atom is 0.224 e. The van der Waals surface area contributed by atoms with Crippen molar-refractivity contribution in [1.82, 2.24) is 4.98 Å². The molecule has 6 nitrogen and oxygen atoms in total. The van der Waals surface area contributed by atoms with Crippen LogP contribution in [0.1, 0.15) is 62.5 Å². The molecule has 2 heterocycles. The van der Waals surface area contributed by atoms with Gasteiger partial charge in [-0.1, -0.05) is 33.1 Å². The van der Waals surface area contributed by atoms with Gasteiger partial charge in [0.05, 0.1) is 28.0 Å². The van der Waals surface area contributed by atoms with Crippen molar-refractivity contribution in [3.63, 3.8) is 0 Å². The Morgan fingerprint density at radius 1 is 1.38 bits per heavy atom. The Morgan fingerprint density at radius 2 is 2.19 bits per heavy atom. The van der Waals surface area contributed by atoms with Gasteiger partial charge < -0.3 is 10.6 Å². The number of hydrogen-bond donors (Lipinski definition) is 2. The minimum Gasteiger partial charge on any atom is -0.345 e. The molecule has 0 saturated heterocycles. The molecule has 1 atom stereocenters. The quantitative estimate of drug-likeness (QED) is 0.269. The van der Waals surface area contributed by atoms with Gasteiger partial charge in [-0.25, -0.2) is 4.98 Å². The zero-order valence-electron chi connectivity index (χ0n) is 15.5. The second-order valence-electron chi connectivity index (χ2n) is 6.17. The molecule has 1 unspecified atom stereocenters. The van der Waals surface area contributed by atoms with Crippen LogP contribution in [0.15, 0.2) is 17.3 Å². The number of aliphatic imine (C=N–C) groups is 1. The van der Waals surface area contributed by atoms with Crippen LogP contribution in [0.4, 0.5) is 11.4 Å². The van der Waals surface area contributed by atoms with Gasteiger partial charge in [-0.05, 0) is 19.4 Å². The highest BCUT2D eigenvalue weighted by Gasteiger charge is 2.16. The van der Waals surface area contributed by atoms with Crippen molar-refractivity contribution in [2.75, 3.05) is 10.6 Å². The maximum absolute atomic E-state index is 11.8. The third-order valence-corrected chi connectivity index (χ3v) is 5.11. The predicted molar refractivity (Wildman–Crippen MR) is 110 cm³/mol. The highest BCUT2D eigenvalue weighted by Crippen LogP contribution is 2.38. The second kappa shape index (κ2) is 10.0. The van der Waals surface area contributed by atoms with Crippen molar-refractivity contribution < 1.29 is 9.59 Å². The van der Waals surface area contributed by atoms with Gasteiger partial charge in [0.1, 0.15) is 4.83 Å². The number of pyridine rings is 1. The monoisotopic (exact) mass is 374 g/mol. The summed E-state index contributed by atoms with van der Waals surface area (Å²) in [5, 5.41) is 6.75. The molecule has 0 spiro atoms. The molecule has 0 aromatic carbocycles. The van der Waals surface area contributed by atoms with E-state index in [1.807, 2.05) is 0 Å². The second-order valence-corrected chi connectivity index (χ2v) is 7.20. The van der Waals surface area contributed by atoms with E-state index in [4.69, 9.17) is 0 Å². The molecule has 2 rings (SSSR count). The Bertz CT molecular complexity index is 785. The number of fused-ring (bicyclic) bond motifs is 1. The first-order valence-electron chi connectivity index (χ1n) is 9.05. The molecule has 0 aliphatic rings. The lowest BCUT2D eigenvalue weighted by Crippen LogP contribution is -2.10. The molecule has 1 amide bonds. The summed E-state index contributed by atoms with van der Waals surface area (Å²) in [6.45, 7) is 6.06. The van der Waals surface area contributed by atoms with Crippen LogP contribution in [0.3, 0.4) is 0 Å². The lowest BCUT2D eigenvalue weighted by molar-refractivity contribution is -0.115. The van der Waals surface area contributed by atoms with Crippen molar-refractivity contribution in [3.05, 3.63) is 17.1 Å². The lowest BCUT2D eigenvalue weighted by Gasteiger charge is -2.08. The average molecular weight is 375 g/mol. The van der Waals surface area contributed by atoms with Gasteiger partial charge in [0.2, 0.25) is 5.91 Å². The Hall–Kier alpha value is -2.28. The van der Waals surface area contributed by atoms with Gasteiger partial charge in [0.25, 0.3) is 0 Å². The molecule has 0 radical (unpaired) electrons. The van der Waals surface area contributed by atoms with E-state index in [0.29, 0.717) is 27.5 Å². The number of aromatic nitrogens is 1. The van der Waals surface area contributed by atoms with E-state index < -0.39 is 0 Å². The van der Waals surface area contributed by atoms with Crippen LogP contribution in [-0.2, 0) is 4.79 Å². The van der Waals surface area contributed by atoms with Crippen LogP contribution in [-0.4, -0.2) is 29.6 Å². The fraction of sp³-hybridized carbons (Fsp3) is 0.474. The summed E-state index contributed by atoms with van der Waals surface area (Å²) >= 11 is 1.29. The number of hydrogen-bond acceptors (Lipinski definition) is 5. The predicted octanol–water partition coefficient (Wildman–Crippen LogP) is 4.87. The maximum atomic E-state index is 11.8. The zero-order valence-corrected chi connectivity index (χ0v) is 16.4. The molecule has 0 aliphatic heterocycles. The highest BCUT2D eigenvalue weighted by molar-refractivity contribution is 7.21. The Morgan fingerprint density at radius 3 is 2.88 bits per heavy atom. The average Bonchev–Trinajstić information content (AvgIpc) is 3.00. The molecule has 2 N–H and O–H groups in total. The number of carbonyl (C=O) groups excluding carboxylic acids is 2. The number of thiophene rings is 1. The van der Waals surface area contributed by atoms with Crippen LogP contribution in [0, 0.1) is 0 Å². The van der Waals surface area contributed by atoms with Gasteiger partial charge >= 0.3 is 0 Å². The molecule has 2 aromatic rings. The molecule has 2 aromatic heterocycles. The van der Waals surface area contributed by atoms with E-state index >= 15 is 0 Å². The first kappa shape index (κ1) is 20.0. The van der Waals surface area contributed by atoms with Crippen LogP contribution >= 0.6 is 11.3 Å². The standard InChI is InChI=1S/C19H26N4O2S/c1-4-6-7-8-13(3)21-12-22-18-15(11-24)26-19-17(18)14(9-10-20-19)23-16(25)5-2/h9-13H,4-8H2,1-3H3,(H,21,22)(H,20,23,25). The fourth-order valence-electron chi connectivity index (χ4n) is 2.60. The summed E-state index contributed by atoms with van der Waals surface area (Å²) in [4.78, 5) is 33.3. The van der Waals surface area contributed by atoms with E-state index in [1.54, 1.807) is 25.5 Å². The smallest absolute Gasteiger partial charge is 0.224 e. The number of anilines is 2. The number of nitrogens with zero attached hydrogens (tertiary/aromatic N) is 2. The van der Waals surface area contributed by atoms with E-state index in [1.165, 1.54) is 24.2 Å². The largest absolute Gasteiger partial charge is 0.345 e. The molecular weight excluding hydrogens is 348 g/mol. The first-order valence-corrected chi connectivity index (χ1v) is 9.87. The molecule has 0 saturated carbocycles. The number of nitrogens with one attached hydrogen (secondary N) is 2. The van der Waals surface area contributed by atoms with Crippen molar-refractivity contribution in [1.29, 1.82) is 0 Å². The van der Waals surface area contributed by atoms with Crippen molar-refractivity contribution in [2.24, 2.45) is 4.99 Å². The zero-order chi connectivity index (χ0) is 18.9. The molecular formula is C19H26N4O2S. The SMILES string of the molecule is CCCCCC(C)N=CNc1c(C=O)sc2nccc(NC(=O)CC)c12. The normalized spacial score (nSPS) is 12.4. The summed E-state index contributed by atoms with van der Waals surface area (Å²) in [6.07, 6.45) is 9.06. The third kappa shape index (κ3) is 5.11. The minimum atomic E-state index is -0.0829. The van der Waals surface area contributed by atoms with Gasteiger partial charge in [0, 0.05) is 18.7 Å². The van der Waals surface area contributed by atoms with Gasteiger partial charge in [0.15, 0.2) is 6.29 Å². The number of carbonyl (C=O) groups is 2. The number of amides is 1. The summed E-state index contributed by atoms with van der Waals surface area (Å²) in [6, 6.07) is 1.96. The van der Waals surface area contributed by atoms with Gasteiger partial charge in [-0.2, -0.15) is 0 Å². The fourth-order valence-corrected chi connectivity index (χ4v) is 3.55. The Balaban J connectivity index is 2.24. The Labute approximate surface area is 158 Å². The van der Waals surface area contributed by atoms with Crippen molar-refractivity contribution in [3.8, 4) is 0 Å². The Kier molecular flexibility index (Phi) is 7.72. The van der Waals surface area contributed by atoms with E-state index in [-0.39, 0.29) is 11.9 Å². The van der Waals surface area contributed by atoms with E-state index in [2.05, 4.69) is 34.5 Å². The summed E-state index contributed by atoms with van der Waals surface area (Å²) in [5.74, 6) is -0.0829.